The second-order valence-corrected chi connectivity index (χ2v) is 16.6. The third-order valence-corrected chi connectivity index (χ3v) is 12.0. The molecule has 0 unspecified atom stereocenters. The van der Waals surface area contributed by atoms with E-state index in [1.165, 1.54) is 61.7 Å². The summed E-state index contributed by atoms with van der Waals surface area (Å²) in [5.41, 5.74) is 19.7. The van der Waals surface area contributed by atoms with Gasteiger partial charge in [-0.05, 0) is 152 Å². The van der Waals surface area contributed by atoms with Crippen molar-refractivity contribution in [2.24, 2.45) is 0 Å². The SMILES string of the molecule is Cc1cc(C)c(-c2ccc3c(c2)c2cc(-c4c(C)cc(C)cc4C)ccc2n3-c2ccc(-c3nc(-c4ccccc4)nc(-c4ccccc4)n3)c(-c3cccc(F)c3)c2)c(C)c1. The predicted octanol–water partition coefficient (Wildman–Crippen LogP) is 15.0. The van der Waals surface area contributed by atoms with Gasteiger partial charge in [0.1, 0.15) is 5.82 Å². The van der Waals surface area contributed by atoms with Crippen molar-refractivity contribution in [2.45, 2.75) is 41.5 Å². The molecule has 0 amide bonds. The first kappa shape index (κ1) is 38.7. The van der Waals surface area contributed by atoms with Gasteiger partial charge in [0.2, 0.25) is 0 Å². The topological polar surface area (TPSA) is 43.6 Å². The molecule has 8 aromatic carbocycles. The van der Waals surface area contributed by atoms with E-state index in [1.54, 1.807) is 12.1 Å². The Bertz CT molecular complexity index is 3150. The van der Waals surface area contributed by atoms with Crippen LogP contribution in [0.4, 0.5) is 4.39 Å². The average Bonchev–Trinajstić information content (AvgIpc) is 3.59. The molecule has 0 radical (unpaired) electrons. The Morgan fingerprint density at radius 2 is 0.839 bits per heavy atom. The molecule has 10 rings (SSSR count). The minimum atomic E-state index is -0.315. The van der Waals surface area contributed by atoms with Crippen LogP contribution in [0.3, 0.4) is 0 Å². The van der Waals surface area contributed by atoms with E-state index < -0.39 is 0 Å². The van der Waals surface area contributed by atoms with Crippen LogP contribution in [0.25, 0.3) is 95.0 Å². The molecule has 300 valence electrons. The molecule has 0 N–H and O–H groups in total. The Balaban J connectivity index is 1.23. The summed E-state index contributed by atoms with van der Waals surface area (Å²) in [7, 11) is 0. The van der Waals surface area contributed by atoms with Crippen LogP contribution < -0.4 is 0 Å². The second kappa shape index (κ2) is 15.5. The Morgan fingerprint density at radius 1 is 0.371 bits per heavy atom. The first-order chi connectivity index (χ1) is 30.1. The van der Waals surface area contributed by atoms with Gasteiger partial charge in [-0.1, -0.05) is 120 Å². The maximum Gasteiger partial charge on any atom is 0.164 e. The first-order valence-corrected chi connectivity index (χ1v) is 21.1. The highest BCUT2D eigenvalue weighted by molar-refractivity contribution is 6.12. The molecule has 62 heavy (non-hydrogen) atoms. The van der Waals surface area contributed by atoms with E-state index in [-0.39, 0.29) is 5.82 Å². The number of halogens is 1. The fourth-order valence-corrected chi connectivity index (χ4v) is 9.57. The number of nitrogens with zero attached hydrogens (tertiary/aromatic N) is 4. The highest BCUT2D eigenvalue weighted by atomic mass is 19.1. The molecule has 0 fully saturated rings. The predicted molar refractivity (Wildman–Crippen MR) is 255 cm³/mol. The molecular formula is C57H45FN4. The molecule has 2 heterocycles. The van der Waals surface area contributed by atoms with Crippen LogP contribution in [0.2, 0.25) is 0 Å². The van der Waals surface area contributed by atoms with Crippen LogP contribution in [-0.2, 0) is 0 Å². The molecule has 0 saturated heterocycles. The number of fused-ring (bicyclic) bond motifs is 3. The monoisotopic (exact) mass is 804 g/mol. The standard InChI is InChI=1S/C57H45FN4/c1-34-26-36(3)53(37(4)27-34)43-20-24-51-49(31-43)50-32-44(54-38(5)28-35(2)29-39(54)6)21-25-52(50)62(51)46-22-23-47(48(33-46)42-18-13-19-45(58)30-42)57-60-55(40-14-9-7-10-15-40)59-56(61-57)41-16-11-8-12-17-41/h7-33H,1-6H3. The van der Waals surface area contributed by atoms with E-state index in [9.17, 15) is 0 Å². The summed E-state index contributed by atoms with van der Waals surface area (Å²) in [4.78, 5) is 15.1. The Kier molecular flexibility index (Phi) is 9.68. The Morgan fingerprint density at radius 3 is 1.32 bits per heavy atom. The summed E-state index contributed by atoms with van der Waals surface area (Å²) >= 11 is 0. The van der Waals surface area contributed by atoms with Gasteiger partial charge in [0.15, 0.2) is 17.5 Å². The number of rotatable bonds is 7. The maximum absolute atomic E-state index is 15.2. The molecular weight excluding hydrogens is 760 g/mol. The van der Waals surface area contributed by atoms with Gasteiger partial charge in [-0.2, -0.15) is 0 Å². The summed E-state index contributed by atoms with van der Waals surface area (Å²) in [5, 5.41) is 2.32. The number of hydrogen-bond donors (Lipinski definition) is 0. The van der Waals surface area contributed by atoms with Crippen LogP contribution in [-0.4, -0.2) is 19.5 Å². The lowest BCUT2D eigenvalue weighted by atomic mass is 9.91. The van der Waals surface area contributed by atoms with Crippen molar-refractivity contribution in [1.82, 2.24) is 19.5 Å². The van der Waals surface area contributed by atoms with Crippen molar-refractivity contribution in [3.63, 3.8) is 0 Å². The molecule has 10 aromatic rings. The molecule has 0 aliphatic heterocycles. The van der Waals surface area contributed by atoms with E-state index in [0.717, 1.165) is 55.3 Å². The molecule has 0 bridgehead atoms. The summed E-state index contributed by atoms with van der Waals surface area (Å²) in [6.07, 6.45) is 0. The summed E-state index contributed by atoms with van der Waals surface area (Å²) in [6.45, 7) is 13.1. The fraction of sp³-hybridized carbons (Fsp3) is 0.105. The molecule has 0 saturated carbocycles. The van der Waals surface area contributed by atoms with Gasteiger partial charge in [-0.3, -0.25) is 0 Å². The highest BCUT2D eigenvalue weighted by Crippen LogP contribution is 2.42. The van der Waals surface area contributed by atoms with Gasteiger partial charge in [-0.15, -0.1) is 0 Å². The van der Waals surface area contributed by atoms with Gasteiger partial charge < -0.3 is 4.57 Å². The van der Waals surface area contributed by atoms with Gasteiger partial charge >= 0.3 is 0 Å². The van der Waals surface area contributed by atoms with Crippen molar-refractivity contribution >= 4 is 21.8 Å². The van der Waals surface area contributed by atoms with E-state index in [1.807, 2.05) is 66.7 Å². The molecule has 0 atom stereocenters. The number of hydrogen-bond acceptors (Lipinski definition) is 3. The molecule has 2 aromatic heterocycles. The van der Waals surface area contributed by atoms with Gasteiger partial charge in [-0.25, -0.2) is 19.3 Å². The quantitative estimate of drug-likeness (QED) is 0.161. The summed E-state index contributed by atoms with van der Waals surface area (Å²) in [6, 6.07) is 55.9. The summed E-state index contributed by atoms with van der Waals surface area (Å²) < 4.78 is 17.6. The van der Waals surface area contributed by atoms with Crippen LogP contribution in [0.1, 0.15) is 33.4 Å². The van der Waals surface area contributed by atoms with Crippen LogP contribution in [0, 0.1) is 47.4 Å². The van der Waals surface area contributed by atoms with Crippen LogP contribution in [0.5, 0.6) is 0 Å². The van der Waals surface area contributed by atoms with Crippen molar-refractivity contribution < 1.29 is 4.39 Å². The Hall–Kier alpha value is -7.50. The van der Waals surface area contributed by atoms with Gasteiger partial charge in [0, 0.05) is 33.2 Å². The average molecular weight is 805 g/mol. The third-order valence-electron chi connectivity index (χ3n) is 12.0. The number of benzene rings is 8. The lowest BCUT2D eigenvalue weighted by Crippen LogP contribution is -2.02. The van der Waals surface area contributed by atoms with Crippen molar-refractivity contribution in [3.8, 4) is 73.2 Å². The highest BCUT2D eigenvalue weighted by Gasteiger charge is 2.21. The maximum atomic E-state index is 15.2. The molecule has 0 spiro atoms. The largest absolute Gasteiger partial charge is 0.309 e. The number of aryl methyl sites for hydroxylation is 6. The van der Waals surface area contributed by atoms with Gasteiger partial charge in [0.05, 0.1) is 11.0 Å². The normalized spacial score (nSPS) is 11.5. The molecule has 4 nitrogen and oxygen atoms in total. The van der Waals surface area contributed by atoms with E-state index in [2.05, 4.69) is 125 Å². The second-order valence-electron chi connectivity index (χ2n) is 16.6. The molecule has 5 heteroatoms. The van der Waals surface area contributed by atoms with E-state index in [0.29, 0.717) is 17.5 Å². The minimum absolute atomic E-state index is 0.315. The summed E-state index contributed by atoms with van der Waals surface area (Å²) in [5.74, 6) is 1.32. The van der Waals surface area contributed by atoms with Crippen LogP contribution >= 0.6 is 0 Å². The number of aromatic nitrogens is 4. The van der Waals surface area contributed by atoms with E-state index in [4.69, 9.17) is 15.0 Å². The minimum Gasteiger partial charge on any atom is -0.309 e. The van der Waals surface area contributed by atoms with Gasteiger partial charge in [0.25, 0.3) is 0 Å². The zero-order chi connectivity index (χ0) is 42.6. The zero-order valence-electron chi connectivity index (χ0n) is 35.8. The van der Waals surface area contributed by atoms with Crippen molar-refractivity contribution in [3.05, 3.63) is 203 Å². The lowest BCUT2D eigenvalue weighted by Gasteiger charge is -2.16. The fourth-order valence-electron chi connectivity index (χ4n) is 9.57. The van der Waals surface area contributed by atoms with Crippen molar-refractivity contribution in [1.29, 1.82) is 0 Å². The lowest BCUT2D eigenvalue weighted by molar-refractivity contribution is 0.628. The van der Waals surface area contributed by atoms with Crippen LogP contribution in [0.15, 0.2) is 164 Å². The zero-order valence-corrected chi connectivity index (χ0v) is 35.8. The first-order valence-electron chi connectivity index (χ1n) is 21.1. The molecule has 0 aliphatic rings. The smallest absolute Gasteiger partial charge is 0.164 e. The van der Waals surface area contributed by atoms with E-state index >= 15 is 4.39 Å². The van der Waals surface area contributed by atoms with Crippen molar-refractivity contribution in [2.75, 3.05) is 0 Å². The third kappa shape index (κ3) is 6.95. The Labute approximate surface area is 362 Å². The molecule has 0 aliphatic carbocycles.